The molecule has 4 heterocycles. The van der Waals surface area contributed by atoms with Crippen LogP contribution < -0.4 is 0 Å². The van der Waals surface area contributed by atoms with Gasteiger partial charge in [0.15, 0.2) is 5.78 Å². The number of aliphatic carboxylic acids is 1. The summed E-state index contributed by atoms with van der Waals surface area (Å²) < 4.78 is 10.7. The molecule has 1 aromatic carbocycles. The summed E-state index contributed by atoms with van der Waals surface area (Å²) in [5.41, 5.74) is 2.31. The van der Waals surface area contributed by atoms with Crippen LogP contribution in [0.3, 0.4) is 0 Å². The van der Waals surface area contributed by atoms with Gasteiger partial charge in [-0.25, -0.2) is 0 Å². The highest BCUT2D eigenvalue weighted by atomic mass is 16.5. The lowest BCUT2D eigenvalue weighted by Crippen LogP contribution is -2.49. The molecule has 0 bridgehead atoms. The molecule has 4 aromatic rings. The largest absolute Gasteiger partial charge is 0.481 e. The SMILES string of the molecule is O=C(CO)c1c(-c2ccccn2)noc1-c1nc(-c2ccc(CN3CC(C(=O)O)C3)cc2)no1. The number of likely N-dealkylation sites (tertiary alicyclic amines) is 1. The van der Waals surface area contributed by atoms with Crippen LogP contribution in [-0.4, -0.2) is 66.8 Å². The number of rotatable bonds is 8. The number of nitrogens with zero attached hydrogens (tertiary/aromatic N) is 5. The number of benzene rings is 1. The maximum Gasteiger partial charge on any atom is 0.309 e. The lowest BCUT2D eigenvalue weighted by atomic mass is 9.99. The number of carbonyl (C=O) groups excluding carboxylic acids is 1. The van der Waals surface area contributed by atoms with E-state index in [4.69, 9.17) is 14.2 Å². The average molecular weight is 461 g/mol. The smallest absolute Gasteiger partial charge is 0.309 e. The van der Waals surface area contributed by atoms with Crippen molar-refractivity contribution < 1.29 is 28.8 Å². The number of aliphatic hydroxyl groups is 1. The second-order valence-corrected chi connectivity index (χ2v) is 7.88. The first-order chi connectivity index (χ1) is 16.5. The summed E-state index contributed by atoms with van der Waals surface area (Å²) in [5.74, 6) is -1.48. The van der Waals surface area contributed by atoms with Crippen molar-refractivity contribution in [3.05, 3.63) is 59.8 Å². The van der Waals surface area contributed by atoms with Gasteiger partial charge < -0.3 is 19.3 Å². The molecule has 0 amide bonds. The highest BCUT2D eigenvalue weighted by molar-refractivity contribution is 6.05. The minimum absolute atomic E-state index is 0.0148. The fraction of sp³-hybridized carbons (Fsp3) is 0.217. The van der Waals surface area contributed by atoms with Gasteiger partial charge in [-0.1, -0.05) is 40.6 Å². The average Bonchev–Trinajstić information content (AvgIpc) is 3.49. The van der Waals surface area contributed by atoms with Crippen molar-refractivity contribution >= 4 is 11.8 Å². The minimum atomic E-state index is -0.762. The number of pyridine rings is 1. The van der Waals surface area contributed by atoms with E-state index in [1.807, 2.05) is 24.3 Å². The van der Waals surface area contributed by atoms with E-state index in [0.29, 0.717) is 30.9 Å². The van der Waals surface area contributed by atoms with E-state index in [1.54, 1.807) is 24.4 Å². The molecule has 1 saturated heterocycles. The molecule has 1 aliphatic rings. The van der Waals surface area contributed by atoms with Crippen molar-refractivity contribution in [2.45, 2.75) is 6.54 Å². The van der Waals surface area contributed by atoms with Gasteiger partial charge >= 0.3 is 5.97 Å². The zero-order chi connectivity index (χ0) is 23.7. The summed E-state index contributed by atoms with van der Waals surface area (Å²) in [4.78, 5) is 34.0. The molecule has 0 unspecified atom stereocenters. The molecule has 11 nitrogen and oxygen atoms in total. The van der Waals surface area contributed by atoms with Crippen LogP contribution in [0.2, 0.25) is 0 Å². The zero-order valence-corrected chi connectivity index (χ0v) is 17.8. The summed E-state index contributed by atoms with van der Waals surface area (Å²) >= 11 is 0. The molecule has 3 aromatic heterocycles. The van der Waals surface area contributed by atoms with E-state index < -0.39 is 18.4 Å². The van der Waals surface area contributed by atoms with Gasteiger partial charge in [0, 0.05) is 31.4 Å². The van der Waals surface area contributed by atoms with Gasteiger partial charge in [0.05, 0.1) is 11.6 Å². The lowest BCUT2D eigenvalue weighted by molar-refractivity contribution is -0.147. The number of hydrogen-bond donors (Lipinski definition) is 2. The van der Waals surface area contributed by atoms with E-state index >= 15 is 0 Å². The topological polar surface area (TPSA) is 156 Å². The Morgan fingerprint density at radius 2 is 1.85 bits per heavy atom. The predicted molar refractivity (Wildman–Crippen MR) is 116 cm³/mol. The van der Waals surface area contributed by atoms with Gasteiger partial charge in [0.25, 0.3) is 5.89 Å². The lowest BCUT2D eigenvalue weighted by Gasteiger charge is -2.36. The molecule has 34 heavy (non-hydrogen) atoms. The molecule has 0 atom stereocenters. The molecule has 1 fully saturated rings. The number of carbonyl (C=O) groups is 2. The van der Waals surface area contributed by atoms with Gasteiger partial charge in [-0.2, -0.15) is 4.98 Å². The Morgan fingerprint density at radius 3 is 2.53 bits per heavy atom. The minimum Gasteiger partial charge on any atom is -0.481 e. The van der Waals surface area contributed by atoms with Crippen molar-refractivity contribution in [3.63, 3.8) is 0 Å². The molecule has 172 valence electrons. The quantitative estimate of drug-likeness (QED) is 0.371. The Labute approximate surface area is 192 Å². The van der Waals surface area contributed by atoms with Crippen LogP contribution in [0, 0.1) is 5.92 Å². The summed E-state index contributed by atoms with van der Waals surface area (Å²) in [5, 5.41) is 26.4. The number of carboxylic acids is 1. The second kappa shape index (κ2) is 8.96. The van der Waals surface area contributed by atoms with Crippen molar-refractivity contribution in [1.82, 2.24) is 25.2 Å². The van der Waals surface area contributed by atoms with Gasteiger partial charge in [-0.05, 0) is 17.7 Å². The maximum absolute atomic E-state index is 12.4. The van der Waals surface area contributed by atoms with E-state index in [9.17, 15) is 14.7 Å². The van der Waals surface area contributed by atoms with E-state index in [0.717, 1.165) is 5.56 Å². The number of carboxylic acid groups (broad SMARTS) is 1. The molecule has 0 saturated carbocycles. The predicted octanol–water partition coefficient (Wildman–Crippen LogP) is 2.14. The van der Waals surface area contributed by atoms with Crippen molar-refractivity contribution in [2.24, 2.45) is 5.92 Å². The van der Waals surface area contributed by atoms with Gasteiger partial charge in [0.2, 0.25) is 11.6 Å². The Morgan fingerprint density at radius 1 is 1.06 bits per heavy atom. The first-order valence-corrected chi connectivity index (χ1v) is 10.5. The fourth-order valence-electron chi connectivity index (χ4n) is 3.76. The number of ketones is 1. The Bertz CT molecular complexity index is 1330. The van der Waals surface area contributed by atoms with E-state index in [1.165, 1.54) is 0 Å². The second-order valence-electron chi connectivity index (χ2n) is 7.88. The fourth-order valence-corrected chi connectivity index (χ4v) is 3.76. The van der Waals surface area contributed by atoms with Crippen LogP contribution in [0.4, 0.5) is 0 Å². The molecular weight excluding hydrogens is 442 g/mol. The molecule has 5 rings (SSSR count). The van der Waals surface area contributed by atoms with Crippen LogP contribution in [-0.2, 0) is 11.3 Å². The summed E-state index contributed by atoms with van der Waals surface area (Å²) in [6.45, 7) is 0.985. The zero-order valence-electron chi connectivity index (χ0n) is 17.8. The van der Waals surface area contributed by atoms with Crippen molar-refractivity contribution in [1.29, 1.82) is 0 Å². The molecule has 0 radical (unpaired) electrons. The van der Waals surface area contributed by atoms with Gasteiger partial charge in [0.1, 0.15) is 17.9 Å². The third kappa shape index (κ3) is 4.09. The Balaban J connectivity index is 1.37. The Kier molecular flexibility index (Phi) is 5.70. The van der Waals surface area contributed by atoms with E-state index in [-0.39, 0.29) is 34.7 Å². The molecular formula is C23H19N5O6. The number of Topliss-reactive ketones (excluding diaryl/α,β-unsaturated/α-hetero) is 1. The van der Waals surface area contributed by atoms with Crippen LogP contribution in [0.5, 0.6) is 0 Å². The van der Waals surface area contributed by atoms with Crippen LogP contribution in [0.1, 0.15) is 15.9 Å². The summed E-state index contributed by atoms with van der Waals surface area (Å²) in [6, 6.07) is 12.6. The highest BCUT2D eigenvalue weighted by Crippen LogP contribution is 2.32. The van der Waals surface area contributed by atoms with Gasteiger partial charge in [-0.15, -0.1) is 0 Å². The first kappa shape index (κ1) is 21.6. The van der Waals surface area contributed by atoms with E-state index in [2.05, 4.69) is 25.2 Å². The molecule has 1 aliphatic heterocycles. The Hall–Kier alpha value is -4.22. The third-order valence-corrected chi connectivity index (χ3v) is 5.57. The maximum atomic E-state index is 12.4. The van der Waals surface area contributed by atoms with Crippen LogP contribution in [0.15, 0.2) is 57.7 Å². The summed E-state index contributed by atoms with van der Waals surface area (Å²) in [7, 11) is 0. The molecule has 0 spiro atoms. The van der Waals surface area contributed by atoms with Crippen molar-refractivity contribution in [2.75, 3.05) is 19.7 Å². The number of aromatic nitrogens is 4. The normalized spacial score (nSPS) is 14.1. The first-order valence-electron chi connectivity index (χ1n) is 10.5. The highest BCUT2D eigenvalue weighted by Gasteiger charge is 2.32. The molecule has 2 N–H and O–H groups in total. The molecule has 0 aliphatic carbocycles. The third-order valence-electron chi connectivity index (χ3n) is 5.57. The van der Waals surface area contributed by atoms with Crippen molar-refractivity contribution in [3.8, 4) is 34.4 Å². The number of aliphatic hydroxyl groups excluding tert-OH is 1. The molecule has 11 heteroatoms. The monoisotopic (exact) mass is 461 g/mol. The summed E-state index contributed by atoms with van der Waals surface area (Å²) in [6.07, 6.45) is 1.55. The van der Waals surface area contributed by atoms with Crippen LogP contribution in [0.25, 0.3) is 34.4 Å². The number of hydrogen-bond acceptors (Lipinski definition) is 10. The van der Waals surface area contributed by atoms with Gasteiger partial charge in [-0.3, -0.25) is 19.5 Å². The van der Waals surface area contributed by atoms with Crippen LogP contribution >= 0.6 is 0 Å². The standard InChI is InChI=1S/C23H19N5O6/c29-12-17(30)18-19(16-3-1-2-8-24-16)26-33-20(18)22-25-21(27-34-22)14-6-4-13(5-7-14)9-28-10-15(11-28)23(31)32/h1-8,15,29H,9-12H2,(H,31,32).